The van der Waals surface area contributed by atoms with Gasteiger partial charge in [0.05, 0.1) is 0 Å². The van der Waals surface area contributed by atoms with Gasteiger partial charge in [0.15, 0.2) is 0 Å². The van der Waals surface area contributed by atoms with Gasteiger partial charge < -0.3 is 0 Å². The maximum Gasteiger partial charge on any atom is 0.0276 e. The first-order valence-corrected chi connectivity index (χ1v) is 3.83. The van der Waals surface area contributed by atoms with E-state index < -0.39 is 0 Å². The highest BCUT2D eigenvalue weighted by Gasteiger charge is 2.32. The Labute approximate surface area is 65.4 Å². The summed E-state index contributed by atoms with van der Waals surface area (Å²) in [5.41, 5.74) is 2.65. The fourth-order valence-corrected chi connectivity index (χ4v) is 1.91. The van der Waals surface area contributed by atoms with Crippen molar-refractivity contribution in [3.8, 4) is 0 Å². The molecule has 1 fully saturated rings. The fraction of sp³-hybridized carbons (Fsp3) is 0.600. The van der Waals surface area contributed by atoms with E-state index in [2.05, 4.69) is 26.0 Å². The van der Waals surface area contributed by atoms with Gasteiger partial charge in [-0.1, -0.05) is 23.3 Å². The van der Waals surface area contributed by atoms with E-state index in [4.69, 9.17) is 2.74 Å². The summed E-state index contributed by atoms with van der Waals surface area (Å²) < 4.78 is 15.6. The van der Waals surface area contributed by atoms with Crippen molar-refractivity contribution in [3.05, 3.63) is 23.3 Å². The van der Waals surface area contributed by atoms with Gasteiger partial charge in [0.1, 0.15) is 0 Å². The van der Waals surface area contributed by atoms with Crippen LogP contribution in [0.25, 0.3) is 0 Å². The van der Waals surface area contributed by atoms with E-state index in [9.17, 15) is 0 Å². The van der Waals surface area contributed by atoms with Gasteiger partial charge in [0.2, 0.25) is 0 Å². The van der Waals surface area contributed by atoms with E-state index >= 15 is 0 Å². The Balaban J connectivity index is 2.43. The molecule has 1 saturated carbocycles. The number of hydrogen-bond acceptors (Lipinski definition) is 0. The zero-order chi connectivity index (χ0) is 8.88. The lowest BCUT2D eigenvalue weighted by Crippen LogP contribution is -1.92. The van der Waals surface area contributed by atoms with Crippen LogP contribution in [-0.2, 0) is 0 Å². The Morgan fingerprint density at radius 1 is 1.40 bits per heavy atom. The van der Waals surface area contributed by atoms with Crippen LogP contribution >= 0.6 is 0 Å². The van der Waals surface area contributed by atoms with Crippen molar-refractivity contribution in [2.45, 2.75) is 26.6 Å². The molecule has 2 rings (SSSR count). The molecule has 0 heteroatoms. The van der Waals surface area contributed by atoms with E-state index in [1.807, 2.05) is 0 Å². The average molecular weight is 136 g/mol. The molecule has 4 atom stereocenters. The predicted molar refractivity (Wildman–Crippen MR) is 43.7 cm³/mol. The van der Waals surface area contributed by atoms with Crippen LogP contribution in [0.5, 0.6) is 0 Å². The zero-order valence-electron chi connectivity index (χ0n) is 8.46. The van der Waals surface area contributed by atoms with Gasteiger partial charge in [-0.05, 0) is 38.5 Å². The van der Waals surface area contributed by atoms with Crippen molar-refractivity contribution in [2.24, 2.45) is 11.8 Å². The lowest BCUT2D eigenvalue weighted by Gasteiger charge is -2.05. The van der Waals surface area contributed by atoms with Gasteiger partial charge in [0, 0.05) is 2.74 Å². The van der Waals surface area contributed by atoms with Gasteiger partial charge in [-0.3, -0.25) is 0 Å². The lowest BCUT2D eigenvalue weighted by molar-refractivity contribution is 0.705. The summed E-state index contributed by atoms with van der Waals surface area (Å²) in [5, 5.41) is 0. The number of hydrogen-bond donors (Lipinski definition) is 0. The second-order valence-electron chi connectivity index (χ2n) is 3.28. The molecule has 0 aromatic carbocycles. The summed E-state index contributed by atoms with van der Waals surface area (Å²) in [6.07, 6.45) is 3.78. The van der Waals surface area contributed by atoms with Gasteiger partial charge in [-0.2, -0.15) is 0 Å². The quantitative estimate of drug-likeness (QED) is 0.449. The molecule has 0 unspecified atom stereocenters. The Kier molecular flexibility index (Phi) is 0.867. The summed E-state index contributed by atoms with van der Waals surface area (Å²) >= 11 is 0. The predicted octanol–water partition coefficient (Wildman–Crippen LogP) is 2.92. The first-order chi connectivity index (χ1) is 5.63. The minimum atomic E-state index is -0.218. The van der Waals surface area contributed by atoms with Crippen LogP contribution < -0.4 is 0 Å². The molecule has 54 valence electrons. The van der Waals surface area contributed by atoms with Crippen molar-refractivity contribution in [2.75, 3.05) is 0 Å². The van der Waals surface area contributed by atoms with Crippen LogP contribution in [0.2, 0.25) is 0 Å². The Bertz CT molecular complexity index is 241. The lowest BCUT2D eigenvalue weighted by atomic mass is 10.00. The number of allylic oxidation sites excluding steroid dienone is 4. The molecule has 0 heterocycles. The first kappa shape index (κ1) is 4.38. The van der Waals surface area contributed by atoms with Gasteiger partial charge in [-0.25, -0.2) is 0 Å². The van der Waals surface area contributed by atoms with E-state index in [1.54, 1.807) is 0 Å². The topological polar surface area (TPSA) is 0 Å². The normalized spacial score (nSPS) is 53.2. The van der Waals surface area contributed by atoms with Gasteiger partial charge in [0.25, 0.3) is 0 Å². The molecule has 0 N–H and O–H groups in total. The molecule has 2 aliphatic carbocycles. The SMILES string of the molecule is [2H][C@@H]1[C@H]([2H])[C@@H]2C=C[C@H]1C2=C(C)C. The van der Waals surface area contributed by atoms with Crippen LogP contribution in [0.15, 0.2) is 23.3 Å². The molecule has 0 amide bonds. The molecule has 0 spiro atoms. The maximum absolute atomic E-state index is 7.78. The minimum Gasteiger partial charge on any atom is -0.0807 e. The number of fused-ring (bicyclic) bond motifs is 2. The third kappa shape index (κ3) is 0.681. The van der Waals surface area contributed by atoms with Crippen molar-refractivity contribution >= 4 is 0 Å². The monoisotopic (exact) mass is 136 g/mol. The largest absolute Gasteiger partial charge is 0.0807 e. The van der Waals surface area contributed by atoms with Crippen molar-refractivity contribution in [3.63, 3.8) is 0 Å². The molecule has 0 nitrogen and oxygen atoms in total. The second-order valence-corrected chi connectivity index (χ2v) is 3.28. The van der Waals surface area contributed by atoms with Crippen LogP contribution in [0, 0.1) is 11.8 Å². The standard InChI is InChI=1S/C10H14/c1-7(2)10-8-3-4-9(10)6-5-8/h3-4,8-9H,5-6H2,1-2H3/t8-,9+/i5D,6D/t5-,6+,8-,9+. The van der Waals surface area contributed by atoms with Gasteiger partial charge in [-0.15, -0.1) is 0 Å². The Morgan fingerprint density at radius 3 is 2.20 bits per heavy atom. The third-order valence-corrected chi connectivity index (χ3v) is 2.35. The van der Waals surface area contributed by atoms with E-state index in [0.29, 0.717) is 0 Å². The Hall–Kier alpha value is -0.520. The average Bonchev–Trinajstić information content (AvgIpc) is 2.51. The minimum absolute atomic E-state index is 0.218. The summed E-state index contributed by atoms with van der Waals surface area (Å²) in [7, 11) is 0. The molecule has 0 aromatic heterocycles. The highest BCUT2D eigenvalue weighted by Crippen LogP contribution is 2.45. The molecular formula is C10H14. The molecule has 10 heavy (non-hydrogen) atoms. The molecule has 0 saturated heterocycles. The van der Waals surface area contributed by atoms with Crippen LogP contribution in [0.3, 0.4) is 0 Å². The van der Waals surface area contributed by atoms with Crippen molar-refractivity contribution < 1.29 is 2.74 Å². The smallest absolute Gasteiger partial charge is 0.0276 e. The summed E-state index contributed by atoms with van der Waals surface area (Å²) in [5.74, 6) is 0.505. The molecule has 0 aromatic rings. The number of rotatable bonds is 0. The zero-order valence-corrected chi connectivity index (χ0v) is 6.46. The van der Waals surface area contributed by atoms with Crippen LogP contribution in [0.1, 0.15) is 29.4 Å². The van der Waals surface area contributed by atoms with Gasteiger partial charge >= 0.3 is 0 Å². The van der Waals surface area contributed by atoms with Crippen molar-refractivity contribution in [1.29, 1.82) is 0 Å². The molecule has 0 radical (unpaired) electrons. The summed E-state index contributed by atoms with van der Waals surface area (Å²) in [6.45, 7) is 4.18. The van der Waals surface area contributed by atoms with Crippen molar-refractivity contribution in [1.82, 2.24) is 0 Å². The third-order valence-electron chi connectivity index (χ3n) is 2.35. The van der Waals surface area contributed by atoms with Crippen LogP contribution in [0.4, 0.5) is 0 Å². The first-order valence-electron chi connectivity index (χ1n) is 4.98. The Morgan fingerprint density at radius 2 is 1.90 bits per heavy atom. The highest BCUT2D eigenvalue weighted by atomic mass is 14.4. The van der Waals surface area contributed by atoms with Crippen LogP contribution in [-0.4, -0.2) is 0 Å². The van der Waals surface area contributed by atoms with E-state index in [0.717, 1.165) is 0 Å². The molecule has 0 aliphatic heterocycles. The summed E-state index contributed by atoms with van der Waals surface area (Å²) in [6, 6.07) is 0. The second kappa shape index (κ2) is 1.98. The van der Waals surface area contributed by atoms with E-state index in [1.165, 1.54) is 11.1 Å². The molecule has 2 aliphatic rings. The molecule has 2 bridgehead atoms. The molecular weight excluding hydrogens is 120 g/mol. The summed E-state index contributed by atoms with van der Waals surface area (Å²) in [4.78, 5) is 0. The van der Waals surface area contributed by atoms with E-state index in [-0.39, 0.29) is 24.6 Å². The fourth-order valence-electron chi connectivity index (χ4n) is 1.91. The maximum atomic E-state index is 7.78. The highest BCUT2D eigenvalue weighted by molar-refractivity contribution is 5.34.